The summed E-state index contributed by atoms with van der Waals surface area (Å²) in [5.41, 5.74) is 9.91. The minimum Gasteiger partial charge on any atom is -0.489 e. The standard InChI is InChI=1S/C29H33FN2O4/c1-2-34-28(33)16-21-7-3-4-11-27(21)36-19-20-13-23(26-10-5-8-22(17-31)29(26)30)15-24(14-20)32-18-25-9-6-12-35-25/h3-5,7-8,10-11,13-15,25,32H,2,6,9,12,16-19,31H2,1H3. The van der Waals surface area contributed by atoms with Gasteiger partial charge in [-0.15, -0.1) is 0 Å². The molecule has 1 unspecified atom stereocenters. The van der Waals surface area contributed by atoms with E-state index in [9.17, 15) is 4.79 Å². The van der Waals surface area contributed by atoms with Crippen molar-refractivity contribution in [2.45, 2.75) is 45.4 Å². The molecule has 1 aliphatic rings. The lowest BCUT2D eigenvalue weighted by atomic mass is 9.99. The highest BCUT2D eigenvalue weighted by Crippen LogP contribution is 2.30. The van der Waals surface area contributed by atoms with Gasteiger partial charge in [0.25, 0.3) is 0 Å². The molecule has 36 heavy (non-hydrogen) atoms. The Morgan fingerprint density at radius 1 is 1.14 bits per heavy atom. The number of carbonyl (C=O) groups excluding carboxylic acids is 1. The lowest BCUT2D eigenvalue weighted by Gasteiger charge is -2.17. The van der Waals surface area contributed by atoms with Crippen LogP contribution in [0.25, 0.3) is 11.1 Å². The van der Waals surface area contributed by atoms with Crippen molar-refractivity contribution in [3.8, 4) is 16.9 Å². The van der Waals surface area contributed by atoms with Crippen molar-refractivity contribution in [1.82, 2.24) is 0 Å². The van der Waals surface area contributed by atoms with Crippen LogP contribution in [0.3, 0.4) is 0 Å². The molecule has 0 spiro atoms. The van der Waals surface area contributed by atoms with Gasteiger partial charge < -0.3 is 25.3 Å². The molecule has 0 radical (unpaired) electrons. The lowest BCUT2D eigenvalue weighted by Crippen LogP contribution is -2.18. The van der Waals surface area contributed by atoms with Crippen LogP contribution in [-0.4, -0.2) is 31.8 Å². The van der Waals surface area contributed by atoms with Gasteiger partial charge in [0.1, 0.15) is 18.2 Å². The summed E-state index contributed by atoms with van der Waals surface area (Å²) in [4.78, 5) is 12.0. The Kier molecular flexibility index (Phi) is 8.92. The third-order valence-corrected chi connectivity index (χ3v) is 6.17. The second-order valence-electron chi connectivity index (χ2n) is 8.80. The zero-order valence-electron chi connectivity index (χ0n) is 20.6. The van der Waals surface area contributed by atoms with E-state index < -0.39 is 0 Å². The topological polar surface area (TPSA) is 82.8 Å². The lowest BCUT2D eigenvalue weighted by molar-refractivity contribution is -0.142. The molecule has 1 saturated heterocycles. The van der Waals surface area contributed by atoms with Crippen LogP contribution in [0.1, 0.15) is 36.5 Å². The highest BCUT2D eigenvalue weighted by atomic mass is 19.1. The minimum absolute atomic E-state index is 0.129. The van der Waals surface area contributed by atoms with Crippen LogP contribution in [0.5, 0.6) is 5.75 Å². The average molecular weight is 493 g/mol. The number of nitrogens with two attached hydrogens (primary N) is 1. The van der Waals surface area contributed by atoms with E-state index in [0.717, 1.165) is 41.8 Å². The molecule has 6 nitrogen and oxygen atoms in total. The summed E-state index contributed by atoms with van der Waals surface area (Å²) in [6, 6.07) is 18.5. The maximum atomic E-state index is 15.1. The van der Waals surface area contributed by atoms with Gasteiger partial charge in [0.2, 0.25) is 0 Å². The number of para-hydroxylation sites is 1. The summed E-state index contributed by atoms with van der Waals surface area (Å²) in [6.45, 7) is 3.96. The first-order chi connectivity index (χ1) is 17.6. The van der Waals surface area contributed by atoms with Crippen molar-refractivity contribution < 1.29 is 23.4 Å². The Hall–Kier alpha value is -3.42. The first-order valence-corrected chi connectivity index (χ1v) is 12.4. The van der Waals surface area contributed by atoms with Crippen LogP contribution in [0.15, 0.2) is 60.7 Å². The van der Waals surface area contributed by atoms with Gasteiger partial charge in [-0.2, -0.15) is 0 Å². The van der Waals surface area contributed by atoms with Crippen LogP contribution in [-0.2, 0) is 33.8 Å². The van der Waals surface area contributed by atoms with E-state index in [4.69, 9.17) is 19.9 Å². The molecule has 0 saturated carbocycles. The molecular formula is C29H33FN2O4. The molecule has 1 fully saturated rings. The fourth-order valence-electron chi connectivity index (χ4n) is 4.35. The van der Waals surface area contributed by atoms with Crippen molar-refractivity contribution in [3.05, 3.63) is 83.2 Å². The predicted octanol–water partition coefficient (Wildman–Crippen LogP) is 5.23. The Morgan fingerprint density at radius 3 is 2.75 bits per heavy atom. The largest absolute Gasteiger partial charge is 0.489 e. The molecule has 0 bridgehead atoms. The van der Waals surface area contributed by atoms with E-state index in [-0.39, 0.29) is 37.5 Å². The summed E-state index contributed by atoms with van der Waals surface area (Å²) in [7, 11) is 0. The van der Waals surface area contributed by atoms with Crippen molar-refractivity contribution in [1.29, 1.82) is 0 Å². The molecule has 3 N–H and O–H groups in total. The minimum atomic E-state index is -0.317. The molecule has 190 valence electrons. The predicted molar refractivity (Wildman–Crippen MR) is 138 cm³/mol. The van der Waals surface area contributed by atoms with E-state index in [1.54, 1.807) is 19.1 Å². The molecule has 0 amide bonds. The molecule has 4 rings (SSSR count). The van der Waals surface area contributed by atoms with Gasteiger partial charge in [0.05, 0.1) is 19.1 Å². The highest BCUT2D eigenvalue weighted by Gasteiger charge is 2.16. The molecule has 0 aliphatic carbocycles. The number of anilines is 1. The number of carbonyl (C=O) groups is 1. The van der Waals surface area contributed by atoms with Crippen molar-refractivity contribution in [2.75, 3.05) is 25.1 Å². The Labute approximate surface area is 211 Å². The number of rotatable bonds is 11. The van der Waals surface area contributed by atoms with Gasteiger partial charge in [0.15, 0.2) is 0 Å². The summed E-state index contributed by atoms with van der Waals surface area (Å²) in [5, 5.41) is 3.45. The van der Waals surface area contributed by atoms with Crippen LogP contribution < -0.4 is 15.8 Å². The molecule has 3 aromatic carbocycles. The molecule has 0 aromatic heterocycles. The fourth-order valence-corrected chi connectivity index (χ4v) is 4.35. The van der Waals surface area contributed by atoms with Crippen molar-refractivity contribution >= 4 is 11.7 Å². The number of hydrogen-bond acceptors (Lipinski definition) is 6. The SMILES string of the molecule is CCOC(=O)Cc1ccccc1OCc1cc(NCC2CCCO2)cc(-c2cccc(CN)c2F)c1. The molecule has 3 aromatic rings. The number of nitrogens with one attached hydrogen (secondary N) is 1. The summed E-state index contributed by atoms with van der Waals surface area (Å²) in [5.74, 6) is -0.00418. The van der Waals surface area contributed by atoms with Crippen LogP contribution in [0.4, 0.5) is 10.1 Å². The number of hydrogen-bond donors (Lipinski definition) is 2. The van der Waals surface area contributed by atoms with Gasteiger partial charge in [0, 0.05) is 42.1 Å². The number of esters is 1. The van der Waals surface area contributed by atoms with Gasteiger partial charge in [-0.05, 0) is 55.2 Å². The first-order valence-electron chi connectivity index (χ1n) is 12.4. The molecule has 1 heterocycles. The van der Waals surface area contributed by atoms with E-state index in [1.165, 1.54) is 0 Å². The smallest absolute Gasteiger partial charge is 0.310 e. The van der Waals surface area contributed by atoms with Crippen molar-refractivity contribution in [2.24, 2.45) is 5.73 Å². The van der Waals surface area contributed by atoms with Gasteiger partial charge in [-0.1, -0.05) is 36.4 Å². The maximum Gasteiger partial charge on any atom is 0.310 e. The Bertz CT molecular complexity index is 1180. The monoisotopic (exact) mass is 492 g/mol. The number of halogens is 1. The molecule has 1 atom stereocenters. The third kappa shape index (κ3) is 6.62. The van der Waals surface area contributed by atoms with E-state index >= 15 is 4.39 Å². The van der Waals surface area contributed by atoms with E-state index in [1.807, 2.05) is 48.5 Å². The zero-order chi connectivity index (χ0) is 25.3. The summed E-state index contributed by atoms with van der Waals surface area (Å²) >= 11 is 0. The first kappa shape index (κ1) is 25.7. The van der Waals surface area contributed by atoms with E-state index in [0.29, 0.717) is 30.0 Å². The summed E-state index contributed by atoms with van der Waals surface area (Å²) < 4.78 is 32.1. The fraction of sp³-hybridized carbons (Fsp3) is 0.345. The normalized spacial score (nSPS) is 15.0. The molecular weight excluding hydrogens is 459 g/mol. The second kappa shape index (κ2) is 12.5. The second-order valence-corrected chi connectivity index (χ2v) is 8.80. The third-order valence-electron chi connectivity index (χ3n) is 6.17. The van der Waals surface area contributed by atoms with E-state index in [2.05, 4.69) is 5.32 Å². The average Bonchev–Trinajstić information content (AvgIpc) is 3.41. The van der Waals surface area contributed by atoms with Gasteiger partial charge in [-0.25, -0.2) is 4.39 Å². The Morgan fingerprint density at radius 2 is 1.97 bits per heavy atom. The molecule has 7 heteroatoms. The van der Waals surface area contributed by atoms with Crippen LogP contribution >= 0.6 is 0 Å². The van der Waals surface area contributed by atoms with Gasteiger partial charge >= 0.3 is 5.97 Å². The Balaban J connectivity index is 1.59. The number of ether oxygens (including phenoxy) is 3. The molecule has 1 aliphatic heterocycles. The quantitative estimate of drug-likeness (QED) is 0.357. The number of benzene rings is 3. The summed E-state index contributed by atoms with van der Waals surface area (Å²) in [6.07, 6.45) is 2.39. The van der Waals surface area contributed by atoms with Gasteiger partial charge in [-0.3, -0.25) is 4.79 Å². The highest BCUT2D eigenvalue weighted by molar-refractivity contribution is 5.73. The zero-order valence-corrected chi connectivity index (χ0v) is 20.6. The maximum absolute atomic E-state index is 15.1. The van der Waals surface area contributed by atoms with Crippen LogP contribution in [0, 0.1) is 5.82 Å². The van der Waals surface area contributed by atoms with Crippen LogP contribution in [0.2, 0.25) is 0 Å². The van der Waals surface area contributed by atoms with Crippen molar-refractivity contribution in [3.63, 3.8) is 0 Å².